The van der Waals surface area contributed by atoms with Crippen LogP contribution in [0, 0.1) is 0 Å². The molecular formula is C15H23NO3. The zero-order chi connectivity index (χ0) is 14.5. The van der Waals surface area contributed by atoms with Crippen molar-refractivity contribution >= 4 is 5.97 Å². The van der Waals surface area contributed by atoms with Crippen LogP contribution in [0.4, 0.5) is 0 Å². The van der Waals surface area contributed by atoms with Gasteiger partial charge in [-0.2, -0.15) is 0 Å². The van der Waals surface area contributed by atoms with Crippen molar-refractivity contribution < 1.29 is 15.0 Å². The van der Waals surface area contributed by atoms with Gasteiger partial charge in [0.15, 0.2) is 0 Å². The number of carboxylic acid groups (broad SMARTS) is 1. The number of carboxylic acids is 1. The monoisotopic (exact) mass is 265 g/mol. The number of aliphatic carboxylic acids is 1. The first-order valence-electron chi connectivity index (χ1n) is 6.55. The van der Waals surface area contributed by atoms with Crippen LogP contribution in [0.25, 0.3) is 0 Å². The summed E-state index contributed by atoms with van der Waals surface area (Å²) in [5.74, 6) is -0.821. The summed E-state index contributed by atoms with van der Waals surface area (Å²) < 4.78 is 0. The van der Waals surface area contributed by atoms with E-state index in [0.29, 0.717) is 13.1 Å². The van der Waals surface area contributed by atoms with Gasteiger partial charge in [0.1, 0.15) is 0 Å². The molecule has 0 aliphatic rings. The van der Waals surface area contributed by atoms with Crippen LogP contribution in [0.15, 0.2) is 24.3 Å². The molecule has 0 aromatic heterocycles. The van der Waals surface area contributed by atoms with E-state index in [1.54, 1.807) is 13.8 Å². The van der Waals surface area contributed by atoms with E-state index >= 15 is 0 Å². The van der Waals surface area contributed by atoms with Crippen molar-refractivity contribution in [2.75, 3.05) is 13.1 Å². The van der Waals surface area contributed by atoms with E-state index in [1.165, 1.54) is 0 Å². The van der Waals surface area contributed by atoms with E-state index in [-0.39, 0.29) is 6.42 Å². The molecule has 0 unspecified atom stereocenters. The Labute approximate surface area is 114 Å². The predicted molar refractivity (Wildman–Crippen MR) is 75.0 cm³/mol. The molecule has 0 aliphatic heterocycles. The molecule has 0 saturated heterocycles. The van der Waals surface area contributed by atoms with Crippen LogP contribution in [0.1, 0.15) is 31.9 Å². The van der Waals surface area contributed by atoms with Crippen molar-refractivity contribution in [3.8, 4) is 0 Å². The minimum Gasteiger partial charge on any atom is -0.481 e. The predicted octanol–water partition coefficient (Wildman–Crippen LogP) is 1.91. The maximum absolute atomic E-state index is 10.9. The molecule has 0 spiro atoms. The van der Waals surface area contributed by atoms with Gasteiger partial charge in [0.2, 0.25) is 0 Å². The Balaban J connectivity index is 2.82. The molecule has 0 atom stereocenters. The Bertz CT molecular complexity index is 424. The Kier molecular flexibility index (Phi) is 5.51. The minimum atomic E-state index is -0.821. The maximum Gasteiger partial charge on any atom is 0.307 e. The van der Waals surface area contributed by atoms with Crippen molar-refractivity contribution in [2.45, 2.75) is 39.3 Å². The van der Waals surface area contributed by atoms with E-state index in [9.17, 15) is 9.90 Å². The first-order chi connectivity index (χ1) is 8.81. The van der Waals surface area contributed by atoms with Crippen molar-refractivity contribution in [3.05, 3.63) is 35.4 Å². The van der Waals surface area contributed by atoms with Crippen LogP contribution in [0.3, 0.4) is 0 Å². The first-order valence-corrected chi connectivity index (χ1v) is 6.55. The van der Waals surface area contributed by atoms with Gasteiger partial charge in [0, 0.05) is 13.1 Å². The zero-order valence-electron chi connectivity index (χ0n) is 11.9. The molecule has 0 aliphatic carbocycles. The molecule has 0 radical (unpaired) electrons. The van der Waals surface area contributed by atoms with Gasteiger partial charge in [0.25, 0.3) is 0 Å². The van der Waals surface area contributed by atoms with Gasteiger partial charge in [0.05, 0.1) is 12.0 Å². The maximum atomic E-state index is 10.9. The largest absolute Gasteiger partial charge is 0.481 e. The molecule has 2 N–H and O–H groups in total. The third kappa shape index (κ3) is 5.85. The van der Waals surface area contributed by atoms with E-state index in [4.69, 9.17) is 5.11 Å². The van der Waals surface area contributed by atoms with Crippen LogP contribution in [-0.4, -0.2) is 39.8 Å². The first kappa shape index (κ1) is 15.7. The number of benzene rings is 1. The average molecular weight is 265 g/mol. The lowest BCUT2D eigenvalue weighted by Crippen LogP contribution is -2.38. The molecule has 1 aromatic carbocycles. The molecule has 0 fully saturated rings. The number of nitrogens with zero attached hydrogens (tertiary/aromatic N) is 1. The minimum absolute atomic E-state index is 0.0379. The van der Waals surface area contributed by atoms with Crippen molar-refractivity contribution in [2.24, 2.45) is 0 Å². The summed E-state index contributed by atoms with van der Waals surface area (Å²) in [6, 6.07) is 7.57. The SMILES string of the molecule is CCN(Cc1ccccc1CC(=O)O)CC(C)(C)O. The quantitative estimate of drug-likeness (QED) is 0.790. The molecule has 4 nitrogen and oxygen atoms in total. The van der Waals surface area contributed by atoms with Crippen LogP contribution in [-0.2, 0) is 17.8 Å². The summed E-state index contributed by atoms with van der Waals surface area (Å²) in [6.07, 6.45) is 0.0379. The molecule has 106 valence electrons. The van der Waals surface area contributed by atoms with E-state index < -0.39 is 11.6 Å². The summed E-state index contributed by atoms with van der Waals surface area (Å²) in [6.45, 7) is 7.61. The standard InChI is InChI=1S/C15H23NO3/c1-4-16(11-15(2,3)19)10-13-8-6-5-7-12(13)9-14(17)18/h5-8,19H,4,9-11H2,1-3H3,(H,17,18). The fraction of sp³-hybridized carbons (Fsp3) is 0.533. The molecule has 0 saturated carbocycles. The Morgan fingerprint density at radius 1 is 1.26 bits per heavy atom. The topological polar surface area (TPSA) is 60.8 Å². The van der Waals surface area contributed by atoms with Gasteiger partial charge >= 0.3 is 5.97 Å². The summed E-state index contributed by atoms with van der Waals surface area (Å²) in [5, 5.41) is 18.8. The van der Waals surface area contributed by atoms with E-state index in [1.807, 2.05) is 31.2 Å². The highest BCUT2D eigenvalue weighted by Crippen LogP contribution is 2.14. The van der Waals surface area contributed by atoms with Crippen molar-refractivity contribution in [1.29, 1.82) is 0 Å². The van der Waals surface area contributed by atoms with E-state index in [0.717, 1.165) is 17.7 Å². The van der Waals surface area contributed by atoms with Crippen LogP contribution < -0.4 is 0 Å². The van der Waals surface area contributed by atoms with Gasteiger partial charge in [-0.05, 0) is 31.5 Å². The molecule has 0 bridgehead atoms. The third-order valence-corrected chi connectivity index (χ3v) is 2.91. The van der Waals surface area contributed by atoms with E-state index in [2.05, 4.69) is 4.90 Å². The second-order valence-electron chi connectivity index (χ2n) is 5.45. The van der Waals surface area contributed by atoms with Crippen LogP contribution >= 0.6 is 0 Å². The Morgan fingerprint density at radius 2 is 1.84 bits per heavy atom. The highest BCUT2D eigenvalue weighted by Gasteiger charge is 2.18. The van der Waals surface area contributed by atoms with Gasteiger partial charge in [-0.25, -0.2) is 0 Å². The fourth-order valence-corrected chi connectivity index (χ4v) is 2.11. The number of hydrogen-bond acceptors (Lipinski definition) is 3. The van der Waals surface area contributed by atoms with Gasteiger partial charge in [-0.1, -0.05) is 31.2 Å². The molecule has 19 heavy (non-hydrogen) atoms. The lowest BCUT2D eigenvalue weighted by Gasteiger charge is -2.28. The van der Waals surface area contributed by atoms with Gasteiger partial charge < -0.3 is 10.2 Å². The van der Waals surface area contributed by atoms with Crippen molar-refractivity contribution in [3.63, 3.8) is 0 Å². The number of rotatable bonds is 7. The zero-order valence-corrected chi connectivity index (χ0v) is 11.9. The number of hydrogen-bond donors (Lipinski definition) is 2. The summed E-state index contributed by atoms with van der Waals surface area (Å²) in [5.41, 5.74) is 1.10. The fourth-order valence-electron chi connectivity index (χ4n) is 2.11. The lowest BCUT2D eigenvalue weighted by atomic mass is 10.0. The van der Waals surface area contributed by atoms with Gasteiger partial charge in [-0.3, -0.25) is 9.69 Å². The Morgan fingerprint density at radius 3 is 2.32 bits per heavy atom. The Hall–Kier alpha value is -1.39. The highest BCUT2D eigenvalue weighted by molar-refractivity contribution is 5.70. The molecular weight excluding hydrogens is 242 g/mol. The normalized spacial score (nSPS) is 11.8. The number of carbonyl (C=O) groups is 1. The van der Waals surface area contributed by atoms with Crippen molar-refractivity contribution in [1.82, 2.24) is 4.90 Å². The molecule has 0 amide bonds. The summed E-state index contributed by atoms with van der Waals surface area (Å²) in [7, 11) is 0. The van der Waals surface area contributed by atoms with Crippen LogP contribution in [0.2, 0.25) is 0 Å². The second kappa shape index (κ2) is 6.68. The molecule has 4 heteroatoms. The highest BCUT2D eigenvalue weighted by atomic mass is 16.4. The summed E-state index contributed by atoms with van der Waals surface area (Å²) in [4.78, 5) is 13.0. The van der Waals surface area contributed by atoms with Gasteiger partial charge in [-0.15, -0.1) is 0 Å². The molecule has 1 aromatic rings. The lowest BCUT2D eigenvalue weighted by molar-refractivity contribution is -0.136. The number of likely N-dealkylation sites (N-methyl/N-ethyl adjacent to an activating group) is 1. The third-order valence-electron chi connectivity index (χ3n) is 2.91. The smallest absolute Gasteiger partial charge is 0.307 e. The number of aliphatic hydroxyl groups is 1. The average Bonchev–Trinajstić information content (AvgIpc) is 2.28. The van der Waals surface area contributed by atoms with Crippen LogP contribution in [0.5, 0.6) is 0 Å². The second-order valence-corrected chi connectivity index (χ2v) is 5.45. The summed E-state index contributed by atoms with van der Waals surface area (Å²) >= 11 is 0. The molecule has 0 heterocycles. The molecule has 1 rings (SSSR count).